The van der Waals surface area contributed by atoms with Gasteiger partial charge in [0.15, 0.2) is 0 Å². The Morgan fingerprint density at radius 3 is 2.81 bits per heavy atom. The molecule has 1 unspecified atom stereocenters. The van der Waals surface area contributed by atoms with Gasteiger partial charge >= 0.3 is 0 Å². The summed E-state index contributed by atoms with van der Waals surface area (Å²) in [5, 5.41) is 14.8. The lowest BCUT2D eigenvalue weighted by Gasteiger charge is -2.08. The predicted molar refractivity (Wildman–Crippen MR) is 71.7 cm³/mol. The van der Waals surface area contributed by atoms with Crippen molar-refractivity contribution < 1.29 is 5.11 Å². The molecule has 0 aliphatic rings. The highest BCUT2D eigenvalue weighted by Crippen LogP contribution is 2.34. The Bertz CT molecular complexity index is 448. The van der Waals surface area contributed by atoms with Crippen LogP contribution < -0.4 is 0 Å². The molecule has 0 bridgehead atoms. The van der Waals surface area contributed by atoms with Gasteiger partial charge in [-0.15, -0.1) is 22.7 Å². The first-order valence-corrected chi connectivity index (χ1v) is 7.26. The second-order valence-corrected chi connectivity index (χ2v) is 6.05. The lowest BCUT2D eigenvalue weighted by molar-refractivity contribution is 0.172. The molecular formula is C12H13ClOS2. The highest BCUT2D eigenvalue weighted by Gasteiger charge is 2.15. The standard InChI is InChI=1S/C12H13ClOS2/c1-8-7-16-12(11(8)13)10(14)5-4-9-3-2-6-15-9/h2-3,6-7,10,14H,4-5H2,1H3. The van der Waals surface area contributed by atoms with E-state index in [4.69, 9.17) is 11.6 Å². The second-order valence-electron chi connectivity index (χ2n) is 3.73. The summed E-state index contributed by atoms with van der Waals surface area (Å²) in [6.45, 7) is 1.97. The third-order valence-corrected chi connectivity index (χ3v) is 5.22. The molecule has 0 aromatic carbocycles. The molecule has 0 radical (unpaired) electrons. The molecule has 16 heavy (non-hydrogen) atoms. The van der Waals surface area contributed by atoms with Gasteiger partial charge in [0, 0.05) is 4.88 Å². The van der Waals surface area contributed by atoms with Crippen molar-refractivity contribution in [2.24, 2.45) is 0 Å². The van der Waals surface area contributed by atoms with Gasteiger partial charge in [-0.25, -0.2) is 0 Å². The van der Waals surface area contributed by atoms with Crippen LogP contribution in [0.5, 0.6) is 0 Å². The van der Waals surface area contributed by atoms with E-state index in [-0.39, 0.29) is 0 Å². The first kappa shape index (κ1) is 12.1. The van der Waals surface area contributed by atoms with Crippen LogP contribution in [0.2, 0.25) is 5.02 Å². The molecule has 1 nitrogen and oxygen atoms in total. The molecule has 0 amide bonds. The summed E-state index contributed by atoms with van der Waals surface area (Å²) >= 11 is 9.39. The largest absolute Gasteiger partial charge is 0.388 e. The maximum absolute atomic E-state index is 10.0. The smallest absolute Gasteiger partial charge is 0.0900 e. The van der Waals surface area contributed by atoms with E-state index in [1.54, 1.807) is 22.7 Å². The van der Waals surface area contributed by atoms with E-state index in [1.165, 1.54) is 4.88 Å². The molecule has 2 rings (SSSR count). The van der Waals surface area contributed by atoms with Crippen molar-refractivity contribution in [2.75, 3.05) is 0 Å². The number of rotatable bonds is 4. The van der Waals surface area contributed by atoms with Gasteiger partial charge in [0.05, 0.1) is 16.0 Å². The summed E-state index contributed by atoms with van der Waals surface area (Å²) in [6, 6.07) is 4.13. The Balaban J connectivity index is 1.98. The zero-order chi connectivity index (χ0) is 11.5. The molecule has 0 aliphatic heterocycles. The lowest BCUT2D eigenvalue weighted by atomic mass is 10.1. The van der Waals surface area contributed by atoms with E-state index in [1.807, 2.05) is 18.4 Å². The van der Waals surface area contributed by atoms with Crippen LogP contribution in [-0.2, 0) is 6.42 Å². The van der Waals surface area contributed by atoms with E-state index in [0.29, 0.717) is 0 Å². The maximum Gasteiger partial charge on any atom is 0.0900 e. The van der Waals surface area contributed by atoms with Crippen LogP contribution in [0.4, 0.5) is 0 Å². The van der Waals surface area contributed by atoms with Crippen LogP contribution in [0.3, 0.4) is 0 Å². The number of hydrogen-bond acceptors (Lipinski definition) is 3. The molecule has 2 aromatic rings. The van der Waals surface area contributed by atoms with Gasteiger partial charge in [-0.3, -0.25) is 0 Å². The molecule has 0 fully saturated rings. The van der Waals surface area contributed by atoms with Crippen LogP contribution >= 0.6 is 34.3 Å². The van der Waals surface area contributed by atoms with Gasteiger partial charge in [-0.05, 0) is 42.2 Å². The van der Waals surface area contributed by atoms with E-state index in [9.17, 15) is 5.11 Å². The summed E-state index contributed by atoms with van der Waals surface area (Å²) in [5.74, 6) is 0. The van der Waals surface area contributed by atoms with Crippen LogP contribution in [0.25, 0.3) is 0 Å². The lowest BCUT2D eigenvalue weighted by Crippen LogP contribution is -1.97. The van der Waals surface area contributed by atoms with E-state index < -0.39 is 6.10 Å². The van der Waals surface area contributed by atoms with Gasteiger partial charge in [0.1, 0.15) is 0 Å². The number of hydrogen-bond donors (Lipinski definition) is 1. The Morgan fingerprint density at radius 2 is 2.25 bits per heavy atom. The minimum atomic E-state index is -0.437. The first-order valence-electron chi connectivity index (χ1n) is 5.12. The number of aliphatic hydroxyl groups excluding tert-OH is 1. The zero-order valence-electron chi connectivity index (χ0n) is 8.94. The quantitative estimate of drug-likeness (QED) is 0.873. The van der Waals surface area contributed by atoms with Crippen molar-refractivity contribution >= 4 is 34.3 Å². The molecule has 2 heterocycles. The van der Waals surface area contributed by atoms with Gasteiger partial charge in [-0.2, -0.15) is 0 Å². The number of aryl methyl sites for hydroxylation is 2. The zero-order valence-corrected chi connectivity index (χ0v) is 11.3. The third-order valence-electron chi connectivity index (χ3n) is 2.47. The molecule has 0 aliphatic carbocycles. The van der Waals surface area contributed by atoms with Crippen molar-refractivity contribution in [3.63, 3.8) is 0 Å². The van der Waals surface area contributed by atoms with Crippen molar-refractivity contribution in [3.05, 3.63) is 43.2 Å². The average molecular weight is 273 g/mol. The Labute approximate surface area is 108 Å². The van der Waals surface area contributed by atoms with Gasteiger partial charge in [0.2, 0.25) is 0 Å². The molecule has 0 saturated heterocycles. The number of aliphatic hydroxyl groups is 1. The molecule has 2 aromatic heterocycles. The molecule has 1 atom stereocenters. The summed E-state index contributed by atoms with van der Waals surface area (Å²) in [7, 11) is 0. The van der Waals surface area contributed by atoms with Crippen molar-refractivity contribution in [2.45, 2.75) is 25.9 Å². The van der Waals surface area contributed by atoms with Gasteiger partial charge in [-0.1, -0.05) is 17.7 Å². The van der Waals surface area contributed by atoms with Gasteiger partial charge in [0.25, 0.3) is 0 Å². The van der Waals surface area contributed by atoms with Crippen molar-refractivity contribution in [3.8, 4) is 0 Å². The van der Waals surface area contributed by atoms with Crippen LogP contribution in [0.15, 0.2) is 22.9 Å². The summed E-state index contributed by atoms with van der Waals surface area (Å²) < 4.78 is 0. The predicted octanol–water partition coefficient (Wildman–Crippen LogP) is 4.44. The maximum atomic E-state index is 10.0. The third kappa shape index (κ3) is 2.66. The fraction of sp³-hybridized carbons (Fsp3) is 0.333. The minimum Gasteiger partial charge on any atom is -0.388 e. The van der Waals surface area contributed by atoms with E-state index in [2.05, 4.69) is 11.4 Å². The SMILES string of the molecule is Cc1csc(C(O)CCc2cccs2)c1Cl. The minimum absolute atomic E-state index is 0.437. The molecular weight excluding hydrogens is 260 g/mol. The fourth-order valence-corrected chi connectivity index (χ4v) is 3.60. The second kappa shape index (κ2) is 5.32. The topological polar surface area (TPSA) is 20.2 Å². The van der Waals surface area contributed by atoms with Crippen molar-refractivity contribution in [1.82, 2.24) is 0 Å². The molecule has 86 valence electrons. The summed E-state index contributed by atoms with van der Waals surface area (Å²) in [5.41, 5.74) is 1.05. The van der Waals surface area contributed by atoms with Crippen LogP contribution in [-0.4, -0.2) is 5.11 Å². The first-order chi connectivity index (χ1) is 7.68. The van der Waals surface area contributed by atoms with Crippen LogP contribution in [0, 0.1) is 6.92 Å². The highest BCUT2D eigenvalue weighted by atomic mass is 35.5. The normalized spacial score (nSPS) is 12.9. The Morgan fingerprint density at radius 1 is 1.44 bits per heavy atom. The van der Waals surface area contributed by atoms with E-state index in [0.717, 1.165) is 28.3 Å². The number of thiophene rings is 2. The monoisotopic (exact) mass is 272 g/mol. The molecule has 1 N–H and O–H groups in total. The van der Waals surface area contributed by atoms with Crippen molar-refractivity contribution in [1.29, 1.82) is 0 Å². The van der Waals surface area contributed by atoms with Gasteiger partial charge < -0.3 is 5.11 Å². The molecule has 4 heteroatoms. The van der Waals surface area contributed by atoms with E-state index >= 15 is 0 Å². The number of halogens is 1. The van der Waals surface area contributed by atoms with Crippen LogP contribution in [0.1, 0.15) is 27.8 Å². The fourth-order valence-electron chi connectivity index (χ4n) is 1.54. The summed E-state index contributed by atoms with van der Waals surface area (Å²) in [4.78, 5) is 2.21. The average Bonchev–Trinajstić information content (AvgIpc) is 2.88. The summed E-state index contributed by atoms with van der Waals surface area (Å²) in [6.07, 6.45) is 1.21. The Kier molecular flexibility index (Phi) is 4.03. The molecule has 0 spiro atoms. The molecule has 0 saturated carbocycles. The highest BCUT2D eigenvalue weighted by molar-refractivity contribution is 7.11. The Hall–Kier alpha value is -0.350.